The lowest BCUT2D eigenvalue weighted by Gasteiger charge is -2.30. The molecule has 0 heterocycles. The van der Waals surface area contributed by atoms with Gasteiger partial charge >= 0.3 is 11.9 Å². The van der Waals surface area contributed by atoms with Crippen LogP contribution >= 0.6 is 25.3 Å². The number of carbonyl (C=O) groups excluding carboxylic acids is 2. The van der Waals surface area contributed by atoms with Gasteiger partial charge in [0.15, 0.2) is 0 Å². The second kappa shape index (κ2) is 16.0. The molecule has 2 N–H and O–H groups in total. The van der Waals surface area contributed by atoms with E-state index in [2.05, 4.69) is 25.3 Å². The van der Waals surface area contributed by atoms with E-state index in [1.165, 1.54) is 0 Å². The molecular weight excluding hydrogens is 540 g/mol. The maximum Gasteiger partial charge on any atom is 0.306 e. The zero-order valence-corrected chi connectivity index (χ0v) is 24.7. The Kier molecular flexibility index (Phi) is 13.5. The molecule has 0 saturated heterocycles. The topological polar surface area (TPSA) is 112 Å². The van der Waals surface area contributed by atoms with Crippen LogP contribution in [0.1, 0.15) is 51.7 Å². The van der Waals surface area contributed by atoms with E-state index in [4.69, 9.17) is 18.9 Å². The van der Waals surface area contributed by atoms with E-state index in [0.29, 0.717) is 11.5 Å². The minimum absolute atomic E-state index is 0.0636. The molecule has 0 aliphatic heterocycles. The van der Waals surface area contributed by atoms with Gasteiger partial charge in [-0.05, 0) is 12.1 Å². The van der Waals surface area contributed by atoms with Crippen molar-refractivity contribution in [2.24, 2.45) is 0 Å². The molecule has 0 saturated carbocycles. The number of carbonyl (C=O) groups is 2. The second-order valence-corrected chi connectivity index (χ2v) is 11.8. The molecule has 8 nitrogen and oxygen atoms in total. The highest BCUT2D eigenvalue weighted by molar-refractivity contribution is 7.81. The fourth-order valence-corrected chi connectivity index (χ4v) is 4.11. The second-order valence-electron chi connectivity index (χ2n) is 10.0. The van der Waals surface area contributed by atoms with Gasteiger partial charge in [0.1, 0.15) is 50.1 Å². The van der Waals surface area contributed by atoms with E-state index in [-0.39, 0.29) is 49.8 Å². The molecule has 0 radical (unpaired) electrons. The standard InChI is InChI=1S/C29H40O8S2/c1-19(38)13-27(32)36-17-21(30)15-34-25-11-7-5-9-23(25)29(3,4)24-10-6-8-12-26(24)35-16-22(31)18-37-28(33)14-20(2)39/h5-12,19-22,30-31,38-39H,13-18H2,1-4H3. The highest BCUT2D eigenvalue weighted by Gasteiger charge is 2.30. The number of ether oxygens (including phenoxy) is 4. The number of hydrogen-bond acceptors (Lipinski definition) is 10. The van der Waals surface area contributed by atoms with Crippen molar-refractivity contribution in [3.8, 4) is 11.5 Å². The molecule has 0 aromatic heterocycles. The molecule has 0 spiro atoms. The summed E-state index contributed by atoms with van der Waals surface area (Å²) < 4.78 is 22.1. The molecule has 4 atom stereocenters. The summed E-state index contributed by atoms with van der Waals surface area (Å²) in [5.74, 6) is 0.282. The monoisotopic (exact) mass is 580 g/mol. The molecule has 0 bridgehead atoms. The van der Waals surface area contributed by atoms with Crippen LogP contribution in [-0.4, -0.2) is 71.3 Å². The van der Waals surface area contributed by atoms with Crippen LogP contribution < -0.4 is 9.47 Å². The third-order valence-electron chi connectivity index (χ3n) is 5.78. The maximum absolute atomic E-state index is 11.7. The molecule has 0 fully saturated rings. The van der Waals surface area contributed by atoms with Crippen LogP contribution in [0.15, 0.2) is 48.5 Å². The molecule has 0 aliphatic carbocycles. The number of para-hydroxylation sites is 2. The Morgan fingerprint density at radius 3 is 1.44 bits per heavy atom. The summed E-state index contributed by atoms with van der Waals surface area (Å²) in [5.41, 5.74) is 1.11. The Morgan fingerprint density at radius 1 is 0.718 bits per heavy atom. The van der Waals surface area contributed by atoms with Gasteiger partial charge in [0, 0.05) is 27.0 Å². The average Bonchev–Trinajstić information content (AvgIpc) is 2.88. The van der Waals surface area contributed by atoms with E-state index in [0.717, 1.165) is 11.1 Å². The Morgan fingerprint density at radius 2 is 1.08 bits per heavy atom. The van der Waals surface area contributed by atoms with Gasteiger partial charge in [-0.1, -0.05) is 64.1 Å². The molecule has 2 rings (SSSR count). The summed E-state index contributed by atoms with van der Waals surface area (Å²) >= 11 is 8.33. The lowest BCUT2D eigenvalue weighted by atomic mass is 9.77. The normalized spacial score (nSPS) is 14.6. The van der Waals surface area contributed by atoms with Crippen LogP contribution in [0.25, 0.3) is 0 Å². The quantitative estimate of drug-likeness (QED) is 0.174. The lowest BCUT2D eigenvalue weighted by Crippen LogP contribution is -2.28. The van der Waals surface area contributed by atoms with E-state index >= 15 is 0 Å². The van der Waals surface area contributed by atoms with Crippen LogP contribution in [0.4, 0.5) is 0 Å². The first-order valence-electron chi connectivity index (χ1n) is 12.9. The van der Waals surface area contributed by atoms with Crippen molar-refractivity contribution in [2.75, 3.05) is 26.4 Å². The summed E-state index contributed by atoms with van der Waals surface area (Å²) in [5, 5.41) is 20.3. The third-order valence-corrected chi connectivity index (χ3v) is 6.15. The fraction of sp³-hybridized carbons (Fsp3) is 0.517. The van der Waals surface area contributed by atoms with Crippen molar-refractivity contribution in [1.82, 2.24) is 0 Å². The summed E-state index contributed by atoms with van der Waals surface area (Å²) in [6.07, 6.45) is -1.68. The number of aliphatic hydroxyl groups is 2. The molecule has 216 valence electrons. The van der Waals surface area contributed by atoms with E-state index in [1.807, 2.05) is 62.4 Å². The zero-order chi connectivity index (χ0) is 29.0. The number of rotatable bonds is 16. The number of hydrogen-bond donors (Lipinski definition) is 4. The van der Waals surface area contributed by atoms with Crippen LogP contribution in [0.3, 0.4) is 0 Å². The fourth-order valence-electron chi connectivity index (χ4n) is 3.81. The number of aliphatic hydroxyl groups excluding tert-OH is 2. The number of thiol groups is 2. The smallest absolute Gasteiger partial charge is 0.306 e. The Balaban J connectivity index is 2.07. The van der Waals surface area contributed by atoms with E-state index < -0.39 is 29.6 Å². The van der Waals surface area contributed by atoms with Gasteiger partial charge < -0.3 is 29.2 Å². The van der Waals surface area contributed by atoms with Crippen molar-refractivity contribution < 1.29 is 38.7 Å². The first-order valence-corrected chi connectivity index (χ1v) is 13.9. The molecule has 10 heteroatoms. The van der Waals surface area contributed by atoms with Crippen LogP contribution in [0.5, 0.6) is 11.5 Å². The van der Waals surface area contributed by atoms with Crippen LogP contribution in [-0.2, 0) is 24.5 Å². The largest absolute Gasteiger partial charge is 0.490 e. The van der Waals surface area contributed by atoms with Gasteiger partial charge in [-0.25, -0.2) is 0 Å². The lowest BCUT2D eigenvalue weighted by molar-refractivity contribution is -0.147. The Labute approximate surface area is 241 Å². The van der Waals surface area contributed by atoms with Crippen LogP contribution in [0.2, 0.25) is 0 Å². The molecule has 39 heavy (non-hydrogen) atoms. The van der Waals surface area contributed by atoms with Crippen molar-refractivity contribution in [2.45, 2.75) is 68.7 Å². The minimum Gasteiger partial charge on any atom is -0.490 e. The Bertz CT molecular complexity index is 976. The van der Waals surface area contributed by atoms with Crippen LogP contribution in [0, 0.1) is 0 Å². The van der Waals surface area contributed by atoms with Crippen molar-refractivity contribution in [3.05, 3.63) is 59.7 Å². The molecular formula is C29H40O8S2. The first-order chi connectivity index (χ1) is 18.4. The number of esters is 2. The average molecular weight is 581 g/mol. The minimum atomic E-state index is -0.998. The summed E-state index contributed by atoms with van der Waals surface area (Å²) in [4.78, 5) is 23.5. The van der Waals surface area contributed by atoms with Gasteiger partial charge in [-0.2, -0.15) is 25.3 Å². The summed E-state index contributed by atoms with van der Waals surface area (Å²) in [6.45, 7) is 7.14. The predicted molar refractivity (Wildman–Crippen MR) is 156 cm³/mol. The zero-order valence-electron chi connectivity index (χ0n) is 22.9. The number of benzene rings is 2. The van der Waals surface area contributed by atoms with Gasteiger partial charge in [0.2, 0.25) is 0 Å². The van der Waals surface area contributed by atoms with Gasteiger partial charge in [-0.3, -0.25) is 9.59 Å². The van der Waals surface area contributed by atoms with Gasteiger partial charge in [0.05, 0.1) is 12.8 Å². The molecule has 4 unspecified atom stereocenters. The van der Waals surface area contributed by atoms with Crippen molar-refractivity contribution in [3.63, 3.8) is 0 Å². The van der Waals surface area contributed by atoms with Gasteiger partial charge in [-0.15, -0.1) is 0 Å². The third kappa shape index (κ3) is 11.3. The maximum atomic E-state index is 11.7. The van der Waals surface area contributed by atoms with Gasteiger partial charge in [0.25, 0.3) is 0 Å². The van der Waals surface area contributed by atoms with Crippen molar-refractivity contribution in [1.29, 1.82) is 0 Å². The Hall–Kier alpha value is -2.40. The summed E-state index contributed by atoms with van der Waals surface area (Å²) in [6, 6.07) is 15.0. The molecule has 0 amide bonds. The van der Waals surface area contributed by atoms with E-state index in [9.17, 15) is 19.8 Å². The highest BCUT2D eigenvalue weighted by Crippen LogP contribution is 2.41. The first kappa shape index (κ1) is 32.8. The highest BCUT2D eigenvalue weighted by atomic mass is 32.1. The molecule has 0 aliphatic rings. The molecule has 2 aromatic rings. The van der Waals surface area contributed by atoms with Crippen molar-refractivity contribution >= 4 is 37.2 Å². The predicted octanol–water partition coefficient (Wildman–Crippen LogP) is 4.00. The summed E-state index contributed by atoms with van der Waals surface area (Å²) in [7, 11) is 0. The SMILES string of the molecule is CC(S)CC(=O)OCC(O)COc1ccccc1C(C)(C)c1ccccc1OCC(O)COC(=O)CC(C)S. The van der Waals surface area contributed by atoms with E-state index in [1.54, 1.807) is 13.8 Å². The molecule has 2 aromatic carbocycles.